The fourth-order valence-electron chi connectivity index (χ4n) is 3.41. The quantitative estimate of drug-likeness (QED) is 0.821. The Bertz CT molecular complexity index is 292. The van der Waals surface area contributed by atoms with E-state index in [1.807, 2.05) is 6.92 Å². The first-order valence-electron chi connectivity index (χ1n) is 6.97. The van der Waals surface area contributed by atoms with E-state index in [1.54, 1.807) is 0 Å². The Balaban J connectivity index is 2.12. The molecule has 4 atom stereocenters. The number of Topliss-reactive ketones (excluding diaryl/α,β-unsaturated/α-hetero) is 1. The molecule has 1 saturated carbocycles. The Morgan fingerprint density at radius 1 is 1.41 bits per heavy atom. The first-order chi connectivity index (χ1) is 8.09. The Morgan fingerprint density at radius 2 is 2.12 bits per heavy atom. The van der Waals surface area contributed by atoms with E-state index >= 15 is 0 Å². The molecule has 0 aromatic heterocycles. The van der Waals surface area contributed by atoms with E-state index in [-0.39, 0.29) is 12.0 Å². The van der Waals surface area contributed by atoms with E-state index in [0.717, 1.165) is 12.8 Å². The summed E-state index contributed by atoms with van der Waals surface area (Å²) in [4.78, 5) is 12.7. The molecule has 3 nitrogen and oxygen atoms in total. The smallest absolute Gasteiger partial charge is 0.146 e. The van der Waals surface area contributed by atoms with Crippen molar-refractivity contribution in [2.24, 2.45) is 23.0 Å². The topological polar surface area (TPSA) is 52.3 Å². The normalized spacial score (nSPS) is 42.6. The van der Waals surface area contributed by atoms with Gasteiger partial charge in [0.05, 0.1) is 18.6 Å². The number of hydrogen-bond acceptors (Lipinski definition) is 3. The molecule has 2 N–H and O–H groups in total. The monoisotopic (exact) mass is 239 g/mol. The molecule has 1 saturated heterocycles. The van der Waals surface area contributed by atoms with Crippen LogP contribution in [0.1, 0.15) is 46.0 Å². The van der Waals surface area contributed by atoms with Crippen LogP contribution in [0.4, 0.5) is 0 Å². The summed E-state index contributed by atoms with van der Waals surface area (Å²) in [6, 6.07) is -0.116. The molecule has 0 spiro atoms. The first-order valence-corrected chi connectivity index (χ1v) is 6.97. The van der Waals surface area contributed by atoms with Crippen LogP contribution in [0.25, 0.3) is 0 Å². The van der Waals surface area contributed by atoms with Gasteiger partial charge < -0.3 is 10.5 Å². The van der Waals surface area contributed by atoms with Crippen molar-refractivity contribution in [3.8, 4) is 0 Å². The molecule has 1 aliphatic heterocycles. The van der Waals surface area contributed by atoms with Crippen LogP contribution in [0, 0.1) is 17.3 Å². The predicted octanol–water partition coefficient (Wildman–Crippen LogP) is 2.14. The molecule has 2 rings (SSSR count). The number of nitrogens with two attached hydrogens (primary N) is 1. The van der Waals surface area contributed by atoms with Crippen molar-refractivity contribution in [2.75, 3.05) is 13.2 Å². The zero-order valence-electron chi connectivity index (χ0n) is 11.1. The fraction of sp³-hybridized carbons (Fsp3) is 0.929. The molecule has 98 valence electrons. The Morgan fingerprint density at radius 3 is 2.71 bits per heavy atom. The molecule has 2 fully saturated rings. The van der Waals surface area contributed by atoms with E-state index in [1.165, 1.54) is 19.3 Å². The van der Waals surface area contributed by atoms with Gasteiger partial charge in [-0.15, -0.1) is 0 Å². The average molecular weight is 239 g/mol. The summed E-state index contributed by atoms with van der Waals surface area (Å²) in [5.74, 6) is 1.17. The third-order valence-electron chi connectivity index (χ3n) is 4.85. The maximum atomic E-state index is 12.7. The highest BCUT2D eigenvalue weighted by Crippen LogP contribution is 2.40. The van der Waals surface area contributed by atoms with Crippen LogP contribution in [0.5, 0.6) is 0 Å². The van der Waals surface area contributed by atoms with Gasteiger partial charge in [-0.3, -0.25) is 4.79 Å². The van der Waals surface area contributed by atoms with Gasteiger partial charge in [0.2, 0.25) is 0 Å². The minimum atomic E-state index is -0.435. The summed E-state index contributed by atoms with van der Waals surface area (Å²) in [5.41, 5.74) is 5.63. The van der Waals surface area contributed by atoms with Gasteiger partial charge in [-0.05, 0) is 25.7 Å². The van der Waals surface area contributed by atoms with Crippen molar-refractivity contribution in [1.29, 1.82) is 0 Å². The molecule has 1 aliphatic carbocycles. The van der Waals surface area contributed by atoms with Gasteiger partial charge in [-0.25, -0.2) is 0 Å². The lowest BCUT2D eigenvalue weighted by Crippen LogP contribution is -2.48. The minimum absolute atomic E-state index is 0.116. The summed E-state index contributed by atoms with van der Waals surface area (Å²) >= 11 is 0. The van der Waals surface area contributed by atoms with Crippen LogP contribution in [-0.2, 0) is 9.53 Å². The van der Waals surface area contributed by atoms with E-state index in [2.05, 4.69) is 6.92 Å². The number of carbonyl (C=O) groups is 1. The molecular formula is C14H25NO2. The molecule has 0 aromatic rings. The number of rotatable bonds is 3. The molecule has 1 heterocycles. The third-order valence-corrected chi connectivity index (χ3v) is 4.85. The summed E-state index contributed by atoms with van der Waals surface area (Å²) in [6.45, 7) is 5.24. The van der Waals surface area contributed by atoms with Crippen molar-refractivity contribution >= 4 is 5.78 Å². The number of ketones is 1. The lowest BCUT2D eigenvalue weighted by Gasteiger charge is -2.36. The van der Waals surface area contributed by atoms with Crippen molar-refractivity contribution < 1.29 is 9.53 Å². The predicted molar refractivity (Wildman–Crippen MR) is 67.6 cm³/mol. The lowest BCUT2D eigenvalue weighted by molar-refractivity contribution is -0.135. The van der Waals surface area contributed by atoms with Gasteiger partial charge in [0.25, 0.3) is 0 Å². The lowest BCUT2D eigenvalue weighted by atomic mass is 9.67. The summed E-state index contributed by atoms with van der Waals surface area (Å²) in [5, 5.41) is 0. The van der Waals surface area contributed by atoms with Crippen LogP contribution in [0.3, 0.4) is 0 Å². The highest BCUT2D eigenvalue weighted by atomic mass is 16.5. The third kappa shape index (κ3) is 2.27. The van der Waals surface area contributed by atoms with Gasteiger partial charge in [0.1, 0.15) is 5.78 Å². The zero-order valence-corrected chi connectivity index (χ0v) is 11.1. The molecule has 0 aromatic carbocycles. The van der Waals surface area contributed by atoms with E-state index in [4.69, 9.17) is 10.5 Å². The van der Waals surface area contributed by atoms with Gasteiger partial charge in [-0.2, -0.15) is 0 Å². The molecule has 0 amide bonds. The van der Waals surface area contributed by atoms with Gasteiger partial charge >= 0.3 is 0 Å². The van der Waals surface area contributed by atoms with Crippen LogP contribution >= 0.6 is 0 Å². The standard InChI is InChI=1S/C14H25NO2/c1-3-10-6-4-5-7-11(10)13(16)14(2)9-17-8-12(14)15/h10-12H,3-9,15H2,1-2H3. The maximum absolute atomic E-state index is 12.7. The van der Waals surface area contributed by atoms with Gasteiger partial charge in [0, 0.05) is 12.0 Å². The first kappa shape index (κ1) is 13.0. The van der Waals surface area contributed by atoms with Crippen molar-refractivity contribution in [3.05, 3.63) is 0 Å². The highest BCUT2D eigenvalue weighted by molar-refractivity contribution is 5.88. The van der Waals surface area contributed by atoms with Crippen LogP contribution < -0.4 is 5.73 Å². The molecular weight excluding hydrogens is 214 g/mol. The second-order valence-electron chi connectivity index (χ2n) is 5.96. The number of hydrogen-bond donors (Lipinski definition) is 1. The van der Waals surface area contributed by atoms with Crippen molar-refractivity contribution in [1.82, 2.24) is 0 Å². The zero-order chi connectivity index (χ0) is 12.5. The molecule has 0 bridgehead atoms. The maximum Gasteiger partial charge on any atom is 0.146 e. The van der Waals surface area contributed by atoms with E-state index in [0.29, 0.717) is 24.9 Å². The number of ether oxygens (including phenoxy) is 1. The molecule has 2 aliphatic rings. The molecule has 17 heavy (non-hydrogen) atoms. The van der Waals surface area contributed by atoms with Crippen molar-refractivity contribution in [2.45, 2.75) is 52.0 Å². The summed E-state index contributed by atoms with van der Waals surface area (Å²) in [6.07, 6.45) is 5.85. The SMILES string of the molecule is CCC1CCCCC1C(=O)C1(C)COCC1N. The van der Waals surface area contributed by atoms with Crippen molar-refractivity contribution in [3.63, 3.8) is 0 Å². The fourth-order valence-corrected chi connectivity index (χ4v) is 3.41. The summed E-state index contributed by atoms with van der Waals surface area (Å²) in [7, 11) is 0. The summed E-state index contributed by atoms with van der Waals surface area (Å²) < 4.78 is 5.41. The van der Waals surface area contributed by atoms with E-state index < -0.39 is 5.41 Å². The minimum Gasteiger partial charge on any atom is -0.379 e. The molecule has 0 radical (unpaired) electrons. The van der Waals surface area contributed by atoms with Gasteiger partial charge in [0.15, 0.2) is 0 Å². The molecule has 4 unspecified atom stereocenters. The van der Waals surface area contributed by atoms with Gasteiger partial charge in [-0.1, -0.05) is 26.2 Å². The highest BCUT2D eigenvalue weighted by Gasteiger charge is 2.48. The Hall–Kier alpha value is -0.410. The Labute approximate surface area is 104 Å². The van der Waals surface area contributed by atoms with Crippen LogP contribution in [0.15, 0.2) is 0 Å². The second kappa shape index (κ2) is 5.07. The second-order valence-corrected chi connectivity index (χ2v) is 5.96. The van der Waals surface area contributed by atoms with Crippen LogP contribution in [-0.4, -0.2) is 25.0 Å². The Kier molecular flexibility index (Phi) is 3.88. The van der Waals surface area contributed by atoms with Crippen LogP contribution in [0.2, 0.25) is 0 Å². The number of carbonyl (C=O) groups excluding carboxylic acids is 1. The largest absolute Gasteiger partial charge is 0.379 e. The molecule has 3 heteroatoms. The average Bonchev–Trinajstić information content (AvgIpc) is 2.70. The van der Waals surface area contributed by atoms with E-state index in [9.17, 15) is 4.79 Å².